The van der Waals surface area contributed by atoms with Gasteiger partial charge in [0.25, 0.3) is 0 Å². The zero-order chi connectivity index (χ0) is 20.4. The van der Waals surface area contributed by atoms with Crippen LogP contribution in [0.5, 0.6) is 0 Å². The number of rotatable bonds is 4. The van der Waals surface area contributed by atoms with Gasteiger partial charge in [0.2, 0.25) is 11.9 Å². The second kappa shape index (κ2) is 7.90. The summed E-state index contributed by atoms with van der Waals surface area (Å²) in [6.07, 6.45) is 0.0894. The van der Waals surface area contributed by atoms with Gasteiger partial charge < -0.3 is 14.6 Å². The van der Waals surface area contributed by atoms with E-state index in [9.17, 15) is 9.59 Å². The molecule has 0 atom stereocenters. The Balaban J connectivity index is 1.57. The molecule has 29 heavy (non-hydrogen) atoms. The average molecular weight is 393 g/mol. The molecule has 150 valence electrons. The number of carbonyl (C=O) groups is 2. The summed E-state index contributed by atoms with van der Waals surface area (Å²) in [5.41, 5.74) is 3.55. The number of imidazole rings is 1. The van der Waals surface area contributed by atoms with Crippen molar-refractivity contribution in [3.05, 3.63) is 53.9 Å². The van der Waals surface area contributed by atoms with Gasteiger partial charge in [-0.3, -0.25) is 15.1 Å². The van der Waals surface area contributed by atoms with Crippen LogP contribution >= 0.6 is 0 Å². The van der Waals surface area contributed by atoms with E-state index in [-0.39, 0.29) is 11.8 Å². The number of benzene rings is 1. The molecule has 1 fully saturated rings. The molecule has 0 radical (unpaired) electrons. The zero-order valence-corrected chi connectivity index (χ0v) is 16.2. The standard InChI is InChI=1S/C21H23N5O3/c1-14-5-4-6-16(22-14)13-26-18-8-3-2-7-17(18)23-20(26)24-19(27)15-9-11-25(12-10-15)21(28)29/h2-8,15H,9-13H2,1H3,(H,28,29)(H,23,24,27). The van der Waals surface area contributed by atoms with Gasteiger partial charge in [-0.25, -0.2) is 9.78 Å². The summed E-state index contributed by atoms with van der Waals surface area (Å²) in [7, 11) is 0. The highest BCUT2D eigenvalue weighted by molar-refractivity contribution is 5.93. The van der Waals surface area contributed by atoms with Crippen molar-refractivity contribution >= 4 is 29.0 Å². The molecule has 3 heterocycles. The lowest BCUT2D eigenvalue weighted by Crippen LogP contribution is -2.40. The van der Waals surface area contributed by atoms with E-state index in [4.69, 9.17) is 5.11 Å². The summed E-state index contributed by atoms with van der Waals surface area (Å²) < 4.78 is 1.96. The molecular formula is C21H23N5O3. The summed E-state index contributed by atoms with van der Waals surface area (Å²) in [6.45, 7) is 3.19. The van der Waals surface area contributed by atoms with Crippen LogP contribution in [-0.4, -0.2) is 49.6 Å². The van der Waals surface area contributed by atoms with Crippen LogP contribution in [0.15, 0.2) is 42.5 Å². The second-order valence-electron chi connectivity index (χ2n) is 7.31. The first-order valence-corrected chi connectivity index (χ1v) is 9.68. The van der Waals surface area contributed by atoms with Crippen LogP contribution in [0.2, 0.25) is 0 Å². The molecule has 0 unspecified atom stereocenters. The van der Waals surface area contributed by atoms with E-state index in [2.05, 4.69) is 15.3 Å². The fourth-order valence-corrected chi connectivity index (χ4v) is 3.73. The van der Waals surface area contributed by atoms with E-state index in [1.54, 1.807) is 0 Å². The van der Waals surface area contributed by atoms with E-state index in [1.807, 2.05) is 54.0 Å². The summed E-state index contributed by atoms with van der Waals surface area (Å²) in [4.78, 5) is 34.4. The van der Waals surface area contributed by atoms with Crippen molar-refractivity contribution in [2.75, 3.05) is 18.4 Å². The molecule has 4 rings (SSSR count). The summed E-state index contributed by atoms with van der Waals surface area (Å²) >= 11 is 0. The quantitative estimate of drug-likeness (QED) is 0.709. The first kappa shape index (κ1) is 18.9. The molecule has 0 aliphatic carbocycles. The predicted octanol–water partition coefficient (Wildman–Crippen LogP) is 3.12. The van der Waals surface area contributed by atoms with E-state index < -0.39 is 6.09 Å². The largest absolute Gasteiger partial charge is 0.465 e. The molecule has 8 heteroatoms. The van der Waals surface area contributed by atoms with Crippen LogP contribution in [0.4, 0.5) is 10.7 Å². The zero-order valence-electron chi connectivity index (χ0n) is 16.2. The highest BCUT2D eigenvalue weighted by Crippen LogP contribution is 2.23. The maximum absolute atomic E-state index is 12.8. The van der Waals surface area contributed by atoms with E-state index in [0.29, 0.717) is 38.4 Å². The summed E-state index contributed by atoms with van der Waals surface area (Å²) in [5.74, 6) is 0.139. The first-order valence-electron chi connectivity index (χ1n) is 9.68. The lowest BCUT2D eigenvalue weighted by Gasteiger charge is -2.29. The van der Waals surface area contributed by atoms with E-state index >= 15 is 0 Å². The summed E-state index contributed by atoms with van der Waals surface area (Å²) in [5, 5.41) is 12.0. The molecule has 0 spiro atoms. The third-order valence-electron chi connectivity index (χ3n) is 5.29. The lowest BCUT2D eigenvalue weighted by molar-refractivity contribution is -0.121. The SMILES string of the molecule is Cc1cccc(Cn2c(NC(=O)C3CCN(C(=O)O)CC3)nc3ccccc32)n1. The van der Waals surface area contributed by atoms with Gasteiger partial charge in [-0.1, -0.05) is 18.2 Å². The van der Waals surface area contributed by atoms with Crippen LogP contribution < -0.4 is 5.32 Å². The van der Waals surface area contributed by atoms with Crippen molar-refractivity contribution in [3.8, 4) is 0 Å². The van der Waals surface area contributed by atoms with Gasteiger partial charge in [0.15, 0.2) is 0 Å². The molecule has 1 aliphatic heterocycles. The fraction of sp³-hybridized carbons (Fsp3) is 0.333. The van der Waals surface area contributed by atoms with Crippen molar-refractivity contribution in [2.24, 2.45) is 5.92 Å². The van der Waals surface area contributed by atoms with Crippen LogP contribution in [0, 0.1) is 12.8 Å². The van der Waals surface area contributed by atoms with E-state index in [0.717, 1.165) is 22.4 Å². The van der Waals surface area contributed by atoms with Gasteiger partial charge in [-0.15, -0.1) is 0 Å². The van der Waals surface area contributed by atoms with Crippen molar-refractivity contribution < 1.29 is 14.7 Å². The number of piperidine rings is 1. The topological polar surface area (TPSA) is 100 Å². The maximum atomic E-state index is 12.8. The predicted molar refractivity (Wildman–Crippen MR) is 109 cm³/mol. The Hall–Kier alpha value is -3.42. The normalized spacial score (nSPS) is 14.9. The van der Waals surface area contributed by atoms with Gasteiger partial charge in [0.05, 0.1) is 23.3 Å². The van der Waals surface area contributed by atoms with Crippen LogP contribution in [0.3, 0.4) is 0 Å². The molecule has 2 aromatic heterocycles. The Bertz CT molecular complexity index is 1050. The molecule has 3 aromatic rings. The highest BCUT2D eigenvalue weighted by Gasteiger charge is 2.28. The number of hydrogen-bond acceptors (Lipinski definition) is 4. The van der Waals surface area contributed by atoms with Crippen molar-refractivity contribution in [1.82, 2.24) is 19.4 Å². The molecule has 0 saturated carbocycles. The number of fused-ring (bicyclic) bond motifs is 1. The Morgan fingerprint density at radius 2 is 1.86 bits per heavy atom. The summed E-state index contributed by atoms with van der Waals surface area (Å²) in [6, 6.07) is 13.6. The molecule has 2 N–H and O–H groups in total. The van der Waals surface area contributed by atoms with Crippen molar-refractivity contribution in [3.63, 3.8) is 0 Å². The molecule has 2 amide bonds. The minimum absolute atomic E-state index is 0.121. The molecule has 1 aromatic carbocycles. The van der Waals surface area contributed by atoms with Crippen molar-refractivity contribution in [1.29, 1.82) is 0 Å². The van der Waals surface area contributed by atoms with E-state index in [1.165, 1.54) is 4.90 Å². The monoisotopic (exact) mass is 393 g/mol. The van der Waals surface area contributed by atoms with Crippen molar-refractivity contribution in [2.45, 2.75) is 26.3 Å². The number of hydrogen-bond donors (Lipinski definition) is 2. The Morgan fingerprint density at radius 1 is 1.10 bits per heavy atom. The van der Waals surface area contributed by atoms with Gasteiger partial charge in [-0.2, -0.15) is 0 Å². The number of nitrogens with one attached hydrogen (secondary N) is 1. The molecular weight excluding hydrogens is 370 g/mol. The van der Waals surface area contributed by atoms with Crippen LogP contribution in [-0.2, 0) is 11.3 Å². The molecule has 0 bridgehead atoms. The van der Waals surface area contributed by atoms with Gasteiger partial charge >= 0.3 is 6.09 Å². The number of para-hydroxylation sites is 2. The molecule has 1 aliphatic rings. The Labute approximate surface area is 168 Å². The fourth-order valence-electron chi connectivity index (χ4n) is 3.73. The van der Waals surface area contributed by atoms with Gasteiger partial charge in [-0.05, 0) is 44.0 Å². The van der Waals surface area contributed by atoms with Gasteiger partial charge in [0.1, 0.15) is 0 Å². The molecule has 1 saturated heterocycles. The number of aryl methyl sites for hydroxylation is 1. The third-order valence-corrected chi connectivity index (χ3v) is 5.29. The Morgan fingerprint density at radius 3 is 2.59 bits per heavy atom. The second-order valence-corrected chi connectivity index (χ2v) is 7.31. The number of likely N-dealkylation sites (tertiary alicyclic amines) is 1. The number of amides is 2. The number of nitrogens with zero attached hydrogens (tertiary/aromatic N) is 4. The van der Waals surface area contributed by atoms with Crippen LogP contribution in [0.25, 0.3) is 11.0 Å². The number of carbonyl (C=O) groups excluding carboxylic acids is 1. The minimum Gasteiger partial charge on any atom is -0.465 e. The molecule has 8 nitrogen and oxygen atoms in total. The first-order chi connectivity index (χ1) is 14.0. The van der Waals surface area contributed by atoms with Gasteiger partial charge in [0, 0.05) is 24.7 Å². The Kier molecular flexibility index (Phi) is 5.16. The lowest BCUT2D eigenvalue weighted by atomic mass is 9.96. The number of anilines is 1. The number of pyridine rings is 1. The van der Waals surface area contributed by atoms with Crippen LogP contribution in [0.1, 0.15) is 24.2 Å². The average Bonchev–Trinajstić information content (AvgIpc) is 3.05. The minimum atomic E-state index is -0.934. The maximum Gasteiger partial charge on any atom is 0.407 e. The third kappa shape index (κ3) is 4.06. The smallest absolute Gasteiger partial charge is 0.407 e. The number of carboxylic acid groups (broad SMARTS) is 1. The number of aromatic nitrogens is 3. The highest BCUT2D eigenvalue weighted by atomic mass is 16.4.